The van der Waals surface area contributed by atoms with Crippen molar-refractivity contribution in [2.24, 2.45) is 5.92 Å². The molecule has 2 atom stereocenters. The Morgan fingerprint density at radius 1 is 0.900 bits per heavy atom. The molecule has 2 aromatic carbocycles. The van der Waals surface area contributed by atoms with Crippen molar-refractivity contribution in [1.29, 1.82) is 0 Å². The van der Waals surface area contributed by atoms with Crippen molar-refractivity contribution in [3.8, 4) is 0 Å². The number of nitrogens with one attached hydrogen (secondary N) is 1. The molecule has 2 rings (SSSR count). The summed E-state index contributed by atoms with van der Waals surface area (Å²) in [6.07, 6.45) is -11.4. The van der Waals surface area contributed by atoms with Crippen LogP contribution >= 0.6 is 12.4 Å². The van der Waals surface area contributed by atoms with Crippen LogP contribution in [-0.4, -0.2) is 24.4 Å². The monoisotopic (exact) mass is 455 g/mol. The van der Waals surface area contributed by atoms with Gasteiger partial charge in [-0.05, 0) is 18.1 Å². The summed E-state index contributed by atoms with van der Waals surface area (Å²) in [5.41, 5.74) is 0.864. The van der Waals surface area contributed by atoms with Gasteiger partial charge in [-0.1, -0.05) is 60.7 Å². The zero-order valence-electron chi connectivity index (χ0n) is 15.7. The van der Waals surface area contributed by atoms with Gasteiger partial charge in [0.15, 0.2) is 5.92 Å². The zero-order valence-corrected chi connectivity index (χ0v) is 16.5. The van der Waals surface area contributed by atoms with Gasteiger partial charge in [0.05, 0.1) is 0 Å². The van der Waals surface area contributed by atoms with Gasteiger partial charge in [-0.15, -0.1) is 12.4 Å². The maximum absolute atomic E-state index is 13.3. The Kier molecular flexibility index (Phi) is 9.17. The molecule has 0 aliphatic carbocycles. The Bertz CT molecular complexity index is 769. The number of ether oxygens (including phenoxy) is 1. The van der Waals surface area contributed by atoms with Crippen LogP contribution in [0, 0.1) is 5.92 Å². The number of halogens is 7. The predicted molar refractivity (Wildman–Crippen MR) is 101 cm³/mol. The first-order chi connectivity index (χ1) is 13.5. The Balaban J connectivity index is 0.00000450. The molecule has 0 heterocycles. The van der Waals surface area contributed by atoms with E-state index < -0.39 is 42.9 Å². The van der Waals surface area contributed by atoms with Crippen molar-refractivity contribution in [3.05, 3.63) is 71.8 Å². The summed E-state index contributed by atoms with van der Waals surface area (Å²) in [6.45, 7) is 0.927. The number of hydrogen-bond acceptors (Lipinski definition) is 3. The van der Waals surface area contributed by atoms with Crippen LogP contribution in [0.1, 0.15) is 24.1 Å². The van der Waals surface area contributed by atoms with E-state index in [2.05, 4.69) is 5.32 Å². The molecule has 0 aliphatic rings. The van der Waals surface area contributed by atoms with Crippen LogP contribution in [0.2, 0.25) is 0 Å². The molecule has 0 aromatic heterocycles. The lowest BCUT2D eigenvalue weighted by molar-refractivity contribution is -0.292. The summed E-state index contributed by atoms with van der Waals surface area (Å²) in [6, 6.07) is 12.2. The fourth-order valence-corrected chi connectivity index (χ4v) is 2.79. The number of rotatable bonds is 7. The van der Waals surface area contributed by atoms with Crippen molar-refractivity contribution < 1.29 is 35.9 Å². The van der Waals surface area contributed by atoms with Gasteiger partial charge >= 0.3 is 18.3 Å². The molecule has 0 fully saturated rings. The van der Waals surface area contributed by atoms with Gasteiger partial charge in [-0.3, -0.25) is 10.1 Å². The lowest BCUT2D eigenvalue weighted by Crippen LogP contribution is -2.55. The second-order valence-corrected chi connectivity index (χ2v) is 6.43. The molecule has 1 N–H and O–H groups in total. The third kappa shape index (κ3) is 7.21. The molecule has 0 spiro atoms. The predicted octanol–water partition coefficient (Wildman–Crippen LogP) is 5.61. The van der Waals surface area contributed by atoms with Gasteiger partial charge in [0.2, 0.25) is 0 Å². The van der Waals surface area contributed by atoms with Gasteiger partial charge in [0.1, 0.15) is 12.6 Å². The van der Waals surface area contributed by atoms with Gasteiger partial charge in [0, 0.05) is 6.04 Å². The standard InChI is InChI=1S/C20H19F6NO2.ClH/c1-13(15-10-6-3-7-11-15)27-16(17(19(21,22)23)20(24,25)26)18(28)29-12-14-8-4-2-5-9-14;/h2-11,13,16-17,27H,12H2,1H3;1H/t13-,16+;/m1./s1. The summed E-state index contributed by atoms with van der Waals surface area (Å²) in [4.78, 5) is 12.3. The van der Waals surface area contributed by atoms with E-state index in [1.54, 1.807) is 36.4 Å². The van der Waals surface area contributed by atoms with Crippen molar-refractivity contribution >= 4 is 18.4 Å². The largest absolute Gasteiger partial charge is 0.460 e. The SMILES string of the molecule is C[C@@H](N[C@H](C(=O)OCc1ccccc1)C(C(F)(F)F)C(F)(F)F)c1ccccc1.Cl. The molecule has 0 aliphatic heterocycles. The van der Waals surface area contributed by atoms with E-state index in [1.807, 2.05) is 0 Å². The lowest BCUT2D eigenvalue weighted by atomic mass is 9.96. The number of alkyl halides is 6. The quantitative estimate of drug-likeness (QED) is 0.435. The van der Waals surface area contributed by atoms with Crippen LogP contribution in [0.3, 0.4) is 0 Å². The van der Waals surface area contributed by atoms with Gasteiger partial charge in [0.25, 0.3) is 0 Å². The molecule has 0 bridgehead atoms. The van der Waals surface area contributed by atoms with Crippen LogP contribution in [0.15, 0.2) is 60.7 Å². The van der Waals surface area contributed by atoms with Crippen LogP contribution in [0.4, 0.5) is 26.3 Å². The minimum atomic E-state index is -5.70. The third-order valence-corrected chi connectivity index (χ3v) is 4.25. The normalized spacial score (nSPS) is 14.0. The number of hydrogen-bond donors (Lipinski definition) is 1. The summed E-state index contributed by atoms with van der Waals surface area (Å²) in [5.74, 6) is -5.54. The smallest absolute Gasteiger partial charge is 0.402 e. The molecule has 0 unspecified atom stereocenters. The highest BCUT2D eigenvalue weighted by Crippen LogP contribution is 2.42. The number of carbonyl (C=O) groups is 1. The summed E-state index contributed by atoms with van der Waals surface area (Å²) < 4.78 is 84.4. The number of carbonyl (C=O) groups excluding carboxylic acids is 1. The van der Waals surface area contributed by atoms with E-state index in [9.17, 15) is 31.1 Å². The molecular weight excluding hydrogens is 436 g/mol. The lowest BCUT2D eigenvalue weighted by Gasteiger charge is -2.32. The molecule has 0 radical (unpaired) electrons. The van der Waals surface area contributed by atoms with Crippen molar-refractivity contribution in [2.75, 3.05) is 0 Å². The van der Waals surface area contributed by atoms with E-state index in [-0.39, 0.29) is 12.4 Å². The average molecular weight is 456 g/mol. The van der Waals surface area contributed by atoms with Crippen LogP contribution < -0.4 is 5.32 Å². The van der Waals surface area contributed by atoms with Crippen LogP contribution in [-0.2, 0) is 16.1 Å². The number of benzene rings is 2. The van der Waals surface area contributed by atoms with E-state index in [0.717, 1.165) is 0 Å². The second kappa shape index (κ2) is 10.7. The molecular formula is C20H20ClF6NO2. The maximum atomic E-state index is 13.3. The van der Waals surface area contributed by atoms with Crippen LogP contribution in [0.25, 0.3) is 0 Å². The van der Waals surface area contributed by atoms with E-state index >= 15 is 0 Å². The molecule has 3 nitrogen and oxygen atoms in total. The topological polar surface area (TPSA) is 38.3 Å². The highest BCUT2D eigenvalue weighted by molar-refractivity contribution is 5.85. The zero-order chi connectivity index (χ0) is 21.7. The summed E-state index contributed by atoms with van der Waals surface area (Å²) >= 11 is 0. The third-order valence-electron chi connectivity index (χ3n) is 4.25. The number of esters is 1. The fourth-order valence-electron chi connectivity index (χ4n) is 2.79. The Labute approximate surface area is 175 Å². The molecule has 30 heavy (non-hydrogen) atoms. The first-order valence-corrected chi connectivity index (χ1v) is 8.65. The first-order valence-electron chi connectivity index (χ1n) is 8.65. The fraction of sp³-hybridized carbons (Fsp3) is 0.350. The average Bonchev–Trinajstić information content (AvgIpc) is 2.65. The minimum absolute atomic E-state index is 0. The highest BCUT2D eigenvalue weighted by Gasteiger charge is 2.62. The highest BCUT2D eigenvalue weighted by atomic mass is 35.5. The van der Waals surface area contributed by atoms with Gasteiger partial charge < -0.3 is 4.74 Å². The van der Waals surface area contributed by atoms with Crippen molar-refractivity contribution in [1.82, 2.24) is 5.32 Å². The molecule has 0 saturated heterocycles. The first kappa shape index (κ1) is 25.8. The molecule has 10 heteroatoms. The van der Waals surface area contributed by atoms with Gasteiger partial charge in [-0.2, -0.15) is 26.3 Å². The molecule has 2 aromatic rings. The Hall–Kier alpha value is -2.26. The molecule has 0 amide bonds. The van der Waals surface area contributed by atoms with Crippen LogP contribution in [0.5, 0.6) is 0 Å². The molecule has 0 saturated carbocycles. The van der Waals surface area contributed by atoms with E-state index in [1.165, 1.54) is 31.2 Å². The Morgan fingerprint density at radius 3 is 1.83 bits per heavy atom. The van der Waals surface area contributed by atoms with Crippen molar-refractivity contribution in [2.45, 2.75) is 38.0 Å². The summed E-state index contributed by atoms with van der Waals surface area (Å²) in [5, 5.41) is 2.17. The van der Waals surface area contributed by atoms with Crippen molar-refractivity contribution in [3.63, 3.8) is 0 Å². The Morgan fingerprint density at radius 2 is 1.37 bits per heavy atom. The van der Waals surface area contributed by atoms with E-state index in [4.69, 9.17) is 4.74 Å². The minimum Gasteiger partial charge on any atom is -0.460 e. The second-order valence-electron chi connectivity index (χ2n) is 6.43. The van der Waals surface area contributed by atoms with E-state index in [0.29, 0.717) is 11.1 Å². The maximum Gasteiger partial charge on any atom is 0.402 e. The molecule has 166 valence electrons. The summed E-state index contributed by atoms with van der Waals surface area (Å²) in [7, 11) is 0. The van der Waals surface area contributed by atoms with Gasteiger partial charge in [-0.25, -0.2) is 0 Å².